The molecule has 10 nitrogen and oxygen atoms in total. The van der Waals surface area contributed by atoms with Gasteiger partial charge in [0.25, 0.3) is 17.5 Å². The lowest BCUT2D eigenvalue weighted by Crippen LogP contribution is -2.48. The molecule has 0 unspecified atom stereocenters. The second-order valence-electron chi connectivity index (χ2n) is 8.37. The first-order valence-electron chi connectivity index (χ1n) is 11.1. The third kappa shape index (κ3) is 6.67. The highest BCUT2D eigenvalue weighted by Crippen LogP contribution is 2.29. The van der Waals surface area contributed by atoms with Gasteiger partial charge in [-0.2, -0.15) is 0 Å². The predicted molar refractivity (Wildman–Crippen MR) is 126 cm³/mol. The van der Waals surface area contributed by atoms with E-state index in [0.717, 1.165) is 5.56 Å². The van der Waals surface area contributed by atoms with E-state index in [1.165, 1.54) is 13.2 Å². The fourth-order valence-electron chi connectivity index (χ4n) is 3.75. The Morgan fingerprint density at radius 2 is 1.82 bits per heavy atom. The highest BCUT2D eigenvalue weighted by atomic mass is 16.6. The number of hydrogen-bond acceptors (Lipinski definition) is 7. The minimum Gasteiger partial charge on any atom is -0.493 e. The van der Waals surface area contributed by atoms with Gasteiger partial charge in [-0.3, -0.25) is 24.6 Å². The van der Waals surface area contributed by atoms with E-state index in [9.17, 15) is 19.7 Å². The highest BCUT2D eigenvalue weighted by molar-refractivity contribution is 5.95. The Morgan fingerprint density at radius 3 is 2.47 bits per heavy atom. The van der Waals surface area contributed by atoms with Crippen molar-refractivity contribution in [3.05, 3.63) is 63.7 Å². The van der Waals surface area contributed by atoms with Crippen molar-refractivity contribution in [3.63, 3.8) is 0 Å². The lowest BCUT2D eigenvalue weighted by molar-refractivity contribution is -0.384. The number of nitrogens with zero attached hydrogens (tertiary/aromatic N) is 3. The molecule has 0 saturated carbocycles. The van der Waals surface area contributed by atoms with Crippen molar-refractivity contribution >= 4 is 17.5 Å². The van der Waals surface area contributed by atoms with Gasteiger partial charge in [0, 0.05) is 56.5 Å². The van der Waals surface area contributed by atoms with Crippen molar-refractivity contribution in [3.8, 4) is 11.5 Å². The summed E-state index contributed by atoms with van der Waals surface area (Å²) in [7, 11) is 1.48. The molecule has 1 aliphatic heterocycles. The number of non-ortho nitro benzene ring substituents is 1. The summed E-state index contributed by atoms with van der Waals surface area (Å²) in [6.45, 7) is 6.60. The van der Waals surface area contributed by atoms with E-state index in [4.69, 9.17) is 9.47 Å². The second-order valence-corrected chi connectivity index (χ2v) is 8.37. The van der Waals surface area contributed by atoms with Crippen LogP contribution in [0.3, 0.4) is 0 Å². The molecule has 10 heteroatoms. The maximum absolute atomic E-state index is 13.0. The number of benzene rings is 2. The fraction of sp³-hybridized carbons (Fsp3) is 0.417. The second kappa shape index (κ2) is 11.5. The van der Waals surface area contributed by atoms with Crippen LogP contribution in [-0.2, 0) is 11.3 Å². The normalized spacial score (nSPS) is 14.1. The van der Waals surface area contributed by atoms with Gasteiger partial charge in [0.05, 0.1) is 12.0 Å². The summed E-state index contributed by atoms with van der Waals surface area (Å²) in [5, 5.41) is 13.7. The summed E-state index contributed by atoms with van der Waals surface area (Å²) in [6.07, 6.45) is 0. The number of piperazine rings is 1. The van der Waals surface area contributed by atoms with Gasteiger partial charge in [0.2, 0.25) is 0 Å². The van der Waals surface area contributed by atoms with Gasteiger partial charge >= 0.3 is 0 Å². The number of nitro benzene ring substituents is 1. The molecule has 0 aliphatic carbocycles. The Labute approximate surface area is 198 Å². The number of nitrogens with one attached hydrogen (secondary N) is 1. The van der Waals surface area contributed by atoms with Crippen LogP contribution in [0.1, 0.15) is 29.8 Å². The van der Waals surface area contributed by atoms with Gasteiger partial charge in [0.1, 0.15) is 0 Å². The first-order valence-corrected chi connectivity index (χ1v) is 11.1. The Bertz CT molecular complexity index is 1030. The zero-order valence-electron chi connectivity index (χ0n) is 19.7. The Kier molecular flexibility index (Phi) is 8.42. The molecule has 1 heterocycles. The first-order chi connectivity index (χ1) is 16.3. The van der Waals surface area contributed by atoms with Crippen LogP contribution in [0.5, 0.6) is 11.5 Å². The van der Waals surface area contributed by atoms with E-state index in [1.807, 2.05) is 19.9 Å². The van der Waals surface area contributed by atoms with E-state index in [1.54, 1.807) is 35.2 Å². The maximum Gasteiger partial charge on any atom is 0.269 e. The van der Waals surface area contributed by atoms with Crippen LogP contribution >= 0.6 is 0 Å². The topological polar surface area (TPSA) is 114 Å². The van der Waals surface area contributed by atoms with Crippen molar-refractivity contribution in [1.82, 2.24) is 15.1 Å². The molecule has 1 saturated heterocycles. The van der Waals surface area contributed by atoms with E-state index >= 15 is 0 Å². The van der Waals surface area contributed by atoms with Crippen LogP contribution in [0.4, 0.5) is 5.69 Å². The standard InChI is InChI=1S/C24H30N4O6/c1-17(2)25-23(29)16-34-21-8-7-19(14-22(21)33-3)24(30)27-11-9-26(10-12-27)15-18-5-4-6-20(13-18)28(31)32/h4-8,13-14,17H,9-12,15-16H2,1-3H3,(H,25,29). The van der Waals surface area contributed by atoms with Crippen molar-refractivity contribution in [2.24, 2.45) is 0 Å². The van der Waals surface area contributed by atoms with E-state index in [-0.39, 0.29) is 30.2 Å². The molecule has 0 radical (unpaired) electrons. The average Bonchev–Trinajstić information content (AvgIpc) is 2.82. The van der Waals surface area contributed by atoms with Crippen LogP contribution in [0.15, 0.2) is 42.5 Å². The van der Waals surface area contributed by atoms with E-state index in [0.29, 0.717) is 49.8 Å². The fourth-order valence-corrected chi connectivity index (χ4v) is 3.75. The monoisotopic (exact) mass is 470 g/mol. The Balaban J connectivity index is 1.56. The molecular weight excluding hydrogens is 440 g/mol. The number of methoxy groups -OCH3 is 1. The van der Waals surface area contributed by atoms with Gasteiger partial charge in [-0.25, -0.2) is 0 Å². The molecule has 1 aliphatic rings. The zero-order valence-corrected chi connectivity index (χ0v) is 19.7. The molecule has 0 spiro atoms. The molecule has 0 aromatic heterocycles. The van der Waals surface area contributed by atoms with Crippen LogP contribution in [0, 0.1) is 10.1 Å². The largest absolute Gasteiger partial charge is 0.493 e. The van der Waals surface area contributed by atoms with Gasteiger partial charge < -0.3 is 19.7 Å². The average molecular weight is 471 g/mol. The Morgan fingerprint density at radius 1 is 1.09 bits per heavy atom. The summed E-state index contributed by atoms with van der Waals surface area (Å²) >= 11 is 0. The number of nitro groups is 1. The molecule has 2 aromatic rings. The molecule has 3 rings (SSSR count). The number of hydrogen-bond donors (Lipinski definition) is 1. The van der Waals surface area contributed by atoms with E-state index < -0.39 is 4.92 Å². The first kappa shape index (κ1) is 25.0. The lowest BCUT2D eigenvalue weighted by atomic mass is 10.1. The summed E-state index contributed by atoms with van der Waals surface area (Å²) in [5.74, 6) is 0.421. The van der Waals surface area contributed by atoms with Crippen molar-refractivity contribution in [2.45, 2.75) is 26.4 Å². The summed E-state index contributed by atoms with van der Waals surface area (Å²) in [5.41, 5.74) is 1.42. The van der Waals surface area contributed by atoms with Crippen LogP contribution in [0.25, 0.3) is 0 Å². The van der Waals surface area contributed by atoms with Crippen LogP contribution in [-0.4, -0.2) is 72.5 Å². The van der Waals surface area contributed by atoms with Gasteiger partial charge in [0.15, 0.2) is 18.1 Å². The zero-order chi connectivity index (χ0) is 24.7. The molecule has 0 atom stereocenters. The predicted octanol–water partition coefficient (Wildman–Crippen LogP) is 2.46. The molecule has 182 valence electrons. The SMILES string of the molecule is COc1cc(C(=O)N2CCN(Cc3cccc([N+](=O)[O-])c3)CC2)ccc1OCC(=O)NC(C)C. The van der Waals surface area contributed by atoms with Gasteiger partial charge in [-0.1, -0.05) is 12.1 Å². The number of carbonyl (C=O) groups excluding carboxylic acids is 2. The number of rotatable bonds is 9. The Hall–Kier alpha value is -3.66. The smallest absolute Gasteiger partial charge is 0.269 e. The number of ether oxygens (including phenoxy) is 2. The maximum atomic E-state index is 13.0. The van der Waals surface area contributed by atoms with Crippen LogP contribution in [0.2, 0.25) is 0 Å². The molecule has 0 bridgehead atoms. The quantitative estimate of drug-likeness (QED) is 0.442. The molecular formula is C24H30N4O6. The summed E-state index contributed by atoms with van der Waals surface area (Å²) in [6, 6.07) is 11.5. The van der Waals surface area contributed by atoms with Gasteiger partial charge in [-0.05, 0) is 37.6 Å². The number of carbonyl (C=O) groups is 2. The van der Waals surface area contributed by atoms with E-state index in [2.05, 4.69) is 10.2 Å². The highest BCUT2D eigenvalue weighted by Gasteiger charge is 2.23. The third-order valence-electron chi connectivity index (χ3n) is 5.41. The minimum atomic E-state index is -0.398. The van der Waals surface area contributed by atoms with Crippen molar-refractivity contribution in [2.75, 3.05) is 39.9 Å². The molecule has 2 aromatic carbocycles. The third-order valence-corrected chi connectivity index (χ3v) is 5.41. The summed E-state index contributed by atoms with van der Waals surface area (Å²) < 4.78 is 10.9. The van der Waals surface area contributed by atoms with Crippen molar-refractivity contribution in [1.29, 1.82) is 0 Å². The molecule has 1 fully saturated rings. The molecule has 34 heavy (non-hydrogen) atoms. The number of amides is 2. The van der Waals surface area contributed by atoms with Crippen LogP contribution < -0.4 is 14.8 Å². The van der Waals surface area contributed by atoms with Gasteiger partial charge in [-0.15, -0.1) is 0 Å². The van der Waals surface area contributed by atoms with Crippen molar-refractivity contribution < 1.29 is 24.0 Å². The molecule has 1 N–H and O–H groups in total. The lowest BCUT2D eigenvalue weighted by Gasteiger charge is -2.34. The molecule has 2 amide bonds. The summed E-state index contributed by atoms with van der Waals surface area (Å²) in [4.78, 5) is 39.4. The minimum absolute atomic E-state index is 0.0182.